The van der Waals surface area contributed by atoms with E-state index < -0.39 is 37.6 Å². The Bertz CT molecular complexity index is 1480. The number of alkyl halides is 3. The first kappa shape index (κ1) is 29.7. The minimum atomic E-state index is -4.86. The van der Waals surface area contributed by atoms with Crippen molar-refractivity contribution in [2.24, 2.45) is 0 Å². The number of hydrogen-bond donors (Lipinski definition) is 2. The summed E-state index contributed by atoms with van der Waals surface area (Å²) in [5.74, 6) is -0.407. The molecule has 208 valence electrons. The summed E-state index contributed by atoms with van der Waals surface area (Å²) in [4.78, 5) is 15.1. The molecule has 0 bridgehead atoms. The summed E-state index contributed by atoms with van der Waals surface area (Å²) in [5, 5.41) is 1.94. The maximum absolute atomic E-state index is 13.3. The Kier molecular flexibility index (Phi) is 9.43. The highest BCUT2D eigenvalue weighted by atomic mass is 35.5. The normalized spacial score (nSPS) is 11.5. The molecule has 1 heterocycles. The number of benzene rings is 2. The van der Waals surface area contributed by atoms with Crippen LogP contribution in [0.15, 0.2) is 66.2 Å². The Morgan fingerprint density at radius 2 is 1.87 bits per heavy atom. The van der Waals surface area contributed by atoms with Gasteiger partial charge in [-0.15, -0.1) is 0 Å². The third kappa shape index (κ3) is 7.85. The van der Waals surface area contributed by atoms with Gasteiger partial charge < -0.3 is 19.5 Å². The van der Waals surface area contributed by atoms with Gasteiger partial charge in [0.25, 0.3) is 10.0 Å². The van der Waals surface area contributed by atoms with E-state index in [9.17, 15) is 26.4 Å². The van der Waals surface area contributed by atoms with Gasteiger partial charge in [-0.05, 0) is 55.0 Å². The second-order valence-electron chi connectivity index (χ2n) is 7.91. The summed E-state index contributed by atoms with van der Waals surface area (Å²) in [6, 6.07) is 8.05. The van der Waals surface area contributed by atoms with Crippen molar-refractivity contribution in [3.8, 4) is 17.4 Å². The Balaban J connectivity index is 1.97. The zero-order chi connectivity index (χ0) is 28.8. The number of nitrogens with zero attached hydrogens (tertiary/aromatic N) is 1. The Labute approximate surface area is 227 Å². The molecule has 0 aliphatic heterocycles. The number of rotatable bonds is 11. The highest BCUT2D eigenvalue weighted by molar-refractivity contribution is 7.92. The Morgan fingerprint density at radius 1 is 1.13 bits per heavy atom. The van der Waals surface area contributed by atoms with Crippen molar-refractivity contribution >= 4 is 38.9 Å². The molecule has 9 nitrogen and oxygen atoms in total. The number of aryl methyl sites for hydroxylation is 1. The number of methoxy groups -OCH3 is 1. The molecule has 0 atom stereocenters. The van der Waals surface area contributed by atoms with Gasteiger partial charge in [0.15, 0.2) is 11.5 Å². The van der Waals surface area contributed by atoms with Crippen LogP contribution in [0.25, 0.3) is 0 Å². The van der Waals surface area contributed by atoms with Crippen LogP contribution in [0.4, 0.5) is 24.5 Å². The summed E-state index contributed by atoms with van der Waals surface area (Å²) >= 11 is 5.62. The zero-order valence-electron chi connectivity index (χ0n) is 20.6. The second-order valence-corrected chi connectivity index (χ2v) is 10.00. The molecule has 0 saturated carbocycles. The molecular formula is C25H23ClF3N3O6S. The standard InChI is InChI=1S/C25H23ClF3N3O6S/c1-4-23(33)31-16-5-8-21(22(12-16)37-10-9-36-3)38-24-20(11-15(2)14-30-24)32-39(34,35)17-6-7-19(26)18(13-17)25(27,28)29/h4-8,11-14,32H,1,9-10H2,2-3H3,(H,31,33). The largest absolute Gasteiger partial charge is 0.487 e. The van der Waals surface area contributed by atoms with Crippen LogP contribution in [-0.4, -0.2) is 39.6 Å². The van der Waals surface area contributed by atoms with Gasteiger partial charge in [-0.25, -0.2) is 13.4 Å². The maximum Gasteiger partial charge on any atom is 0.417 e. The Hall–Kier alpha value is -3.81. The first-order valence-corrected chi connectivity index (χ1v) is 12.9. The summed E-state index contributed by atoms with van der Waals surface area (Å²) in [6.07, 6.45) is -2.37. The predicted molar refractivity (Wildman–Crippen MR) is 139 cm³/mol. The second kappa shape index (κ2) is 12.4. The van der Waals surface area contributed by atoms with Gasteiger partial charge in [-0.2, -0.15) is 13.2 Å². The van der Waals surface area contributed by atoms with E-state index in [1.807, 2.05) is 0 Å². The van der Waals surface area contributed by atoms with Crippen LogP contribution in [0.1, 0.15) is 11.1 Å². The lowest BCUT2D eigenvalue weighted by atomic mass is 10.2. The number of amides is 1. The molecule has 0 aliphatic carbocycles. The van der Waals surface area contributed by atoms with Crippen molar-refractivity contribution in [2.75, 3.05) is 30.4 Å². The van der Waals surface area contributed by atoms with E-state index in [0.717, 1.165) is 18.2 Å². The molecule has 1 amide bonds. The molecule has 0 saturated heterocycles. The monoisotopic (exact) mass is 585 g/mol. The van der Waals surface area contributed by atoms with E-state index in [1.165, 1.54) is 37.6 Å². The highest BCUT2D eigenvalue weighted by Gasteiger charge is 2.34. The van der Waals surface area contributed by atoms with Gasteiger partial charge in [0, 0.05) is 25.1 Å². The van der Waals surface area contributed by atoms with Crippen molar-refractivity contribution in [3.63, 3.8) is 0 Å². The van der Waals surface area contributed by atoms with Gasteiger partial charge in [0.2, 0.25) is 11.8 Å². The van der Waals surface area contributed by atoms with E-state index in [-0.39, 0.29) is 36.3 Å². The van der Waals surface area contributed by atoms with Gasteiger partial charge in [-0.1, -0.05) is 18.2 Å². The minimum Gasteiger partial charge on any atom is -0.487 e. The van der Waals surface area contributed by atoms with Crippen molar-refractivity contribution in [2.45, 2.75) is 18.0 Å². The number of hydrogen-bond acceptors (Lipinski definition) is 7. The molecule has 0 unspecified atom stereocenters. The van der Waals surface area contributed by atoms with E-state index in [1.54, 1.807) is 6.92 Å². The molecule has 3 aromatic rings. The highest BCUT2D eigenvalue weighted by Crippen LogP contribution is 2.38. The molecule has 0 fully saturated rings. The smallest absolute Gasteiger partial charge is 0.417 e. The zero-order valence-corrected chi connectivity index (χ0v) is 22.2. The van der Waals surface area contributed by atoms with Crippen LogP contribution < -0.4 is 19.5 Å². The van der Waals surface area contributed by atoms with Crippen LogP contribution in [0.3, 0.4) is 0 Å². The molecule has 0 radical (unpaired) electrons. The van der Waals surface area contributed by atoms with Crippen molar-refractivity contribution in [3.05, 3.63) is 77.5 Å². The molecule has 3 rings (SSSR count). The number of carbonyl (C=O) groups excluding carboxylic acids is 1. The lowest BCUT2D eigenvalue weighted by Crippen LogP contribution is -2.16. The van der Waals surface area contributed by atoms with Gasteiger partial charge >= 0.3 is 6.18 Å². The number of nitrogens with one attached hydrogen (secondary N) is 2. The van der Waals surface area contributed by atoms with Gasteiger partial charge in [0.05, 0.1) is 22.1 Å². The molecule has 1 aromatic heterocycles. The first-order valence-electron chi connectivity index (χ1n) is 11.1. The van der Waals surface area contributed by atoms with Crippen LogP contribution in [0.2, 0.25) is 5.02 Å². The predicted octanol–water partition coefficient (Wildman–Crippen LogP) is 5.81. The van der Waals surface area contributed by atoms with Gasteiger partial charge in [0.1, 0.15) is 12.3 Å². The molecule has 2 aromatic carbocycles. The van der Waals surface area contributed by atoms with E-state index in [2.05, 4.69) is 21.6 Å². The van der Waals surface area contributed by atoms with Crippen LogP contribution in [0, 0.1) is 6.92 Å². The number of halogens is 4. The summed E-state index contributed by atoms with van der Waals surface area (Å²) in [7, 11) is -3.05. The average molecular weight is 586 g/mol. The van der Waals surface area contributed by atoms with Crippen LogP contribution in [0.5, 0.6) is 17.4 Å². The van der Waals surface area contributed by atoms with Crippen molar-refractivity contribution < 1.29 is 40.6 Å². The van der Waals surface area contributed by atoms with Crippen LogP contribution >= 0.6 is 11.6 Å². The minimum absolute atomic E-state index is 0.102. The lowest BCUT2D eigenvalue weighted by Gasteiger charge is -2.17. The topological polar surface area (TPSA) is 116 Å². The third-order valence-electron chi connectivity index (χ3n) is 4.93. The molecule has 0 spiro atoms. The molecular weight excluding hydrogens is 563 g/mol. The summed E-state index contributed by atoms with van der Waals surface area (Å²) in [6.45, 7) is 5.37. The van der Waals surface area contributed by atoms with Crippen molar-refractivity contribution in [1.82, 2.24) is 4.98 Å². The fourth-order valence-corrected chi connectivity index (χ4v) is 4.42. The summed E-state index contributed by atoms with van der Waals surface area (Å²) < 4.78 is 84.7. The number of ether oxygens (including phenoxy) is 3. The number of pyridine rings is 1. The quantitative estimate of drug-likeness (QED) is 0.216. The first-order chi connectivity index (χ1) is 18.3. The fraction of sp³-hybridized carbons (Fsp3) is 0.200. The maximum atomic E-state index is 13.3. The van der Waals surface area contributed by atoms with E-state index in [4.69, 9.17) is 25.8 Å². The Morgan fingerprint density at radius 3 is 2.54 bits per heavy atom. The number of aromatic nitrogens is 1. The molecule has 2 N–H and O–H groups in total. The van der Waals surface area contributed by atoms with E-state index in [0.29, 0.717) is 17.3 Å². The molecule has 14 heteroatoms. The summed E-state index contributed by atoms with van der Waals surface area (Å²) in [5.41, 5.74) is -0.551. The average Bonchev–Trinajstić information content (AvgIpc) is 2.86. The van der Waals surface area contributed by atoms with Crippen molar-refractivity contribution in [1.29, 1.82) is 0 Å². The number of anilines is 2. The molecule has 0 aliphatic rings. The molecule has 39 heavy (non-hydrogen) atoms. The van der Waals surface area contributed by atoms with Crippen LogP contribution in [-0.2, 0) is 25.7 Å². The van der Waals surface area contributed by atoms with E-state index >= 15 is 0 Å². The third-order valence-corrected chi connectivity index (χ3v) is 6.63. The number of sulfonamides is 1. The number of carbonyl (C=O) groups is 1. The lowest BCUT2D eigenvalue weighted by molar-refractivity contribution is -0.137. The fourth-order valence-electron chi connectivity index (χ4n) is 3.12. The van der Waals surface area contributed by atoms with Gasteiger partial charge in [-0.3, -0.25) is 9.52 Å². The SMILES string of the molecule is C=CC(=O)Nc1ccc(Oc2ncc(C)cc2NS(=O)(=O)c2ccc(Cl)c(C(F)(F)F)c2)c(OCCOC)c1.